The minimum atomic E-state index is -0.148. The lowest BCUT2D eigenvalue weighted by atomic mass is 9.89. The van der Waals surface area contributed by atoms with Crippen molar-refractivity contribution in [1.82, 2.24) is 10.2 Å². The second kappa shape index (κ2) is 4.97. The van der Waals surface area contributed by atoms with E-state index in [0.717, 1.165) is 6.42 Å². The molecule has 0 aliphatic carbocycles. The first-order valence-corrected chi connectivity index (χ1v) is 6.73. The van der Waals surface area contributed by atoms with Gasteiger partial charge < -0.3 is 5.32 Å². The number of nitrogens with zero attached hydrogens (tertiary/aromatic N) is 1. The summed E-state index contributed by atoms with van der Waals surface area (Å²) in [5, 5.41) is 3.11. The van der Waals surface area contributed by atoms with Crippen LogP contribution in [0.3, 0.4) is 0 Å². The lowest BCUT2D eigenvalue weighted by Gasteiger charge is -2.29. The standard InChI is InChI=1S/C14H28N2O/c1-8-11-9(2)10(3)12(16(11)7)13(17)15-14(4,5)6/h9-12H,8H2,1-7H3,(H,15,17)/t9-,10-,11-,12-/m0/s1. The summed E-state index contributed by atoms with van der Waals surface area (Å²) in [5.41, 5.74) is -0.148. The van der Waals surface area contributed by atoms with Crippen molar-refractivity contribution in [3.05, 3.63) is 0 Å². The van der Waals surface area contributed by atoms with Gasteiger partial charge >= 0.3 is 0 Å². The van der Waals surface area contributed by atoms with Crippen molar-refractivity contribution >= 4 is 5.91 Å². The average molecular weight is 240 g/mol. The Morgan fingerprint density at radius 3 is 2.12 bits per heavy atom. The maximum atomic E-state index is 12.3. The Morgan fingerprint density at radius 2 is 1.76 bits per heavy atom. The lowest BCUT2D eigenvalue weighted by Crippen LogP contribution is -2.51. The minimum absolute atomic E-state index is 0.0224. The van der Waals surface area contributed by atoms with Crippen molar-refractivity contribution in [3.63, 3.8) is 0 Å². The second-order valence-corrected chi connectivity index (χ2v) is 6.54. The molecular weight excluding hydrogens is 212 g/mol. The molecule has 1 aliphatic rings. The molecule has 0 aromatic rings. The van der Waals surface area contributed by atoms with Crippen LogP contribution in [0.25, 0.3) is 0 Å². The summed E-state index contributed by atoms with van der Waals surface area (Å²) < 4.78 is 0. The second-order valence-electron chi connectivity index (χ2n) is 6.54. The maximum Gasteiger partial charge on any atom is 0.238 e. The molecule has 1 N–H and O–H groups in total. The van der Waals surface area contributed by atoms with E-state index in [1.807, 2.05) is 20.8 Å². The zero-order valence-corrected chi connectivity index (χ0v) is 12.4. The Morgan fingerprint density at radius 1 is 1.24 bits per heavy atom. The van der Waals surface area contributed by atoms with Crippen LogP contribution in [0.5, 0.6) is 0 Å². The number of hydrogen-bond acceptors (Lipinski definition) is 2. The van der Waals surface area contributed by atoms with E-state index in [9.17, 15) is 4.79 Å². The molecule has 0 aromatic heterocycles. The van der Waals surface area contributed by atoms with E-state index in [4.69, 9.17) is 0 Å². The minimum Gasteiger partial charge on any atom is -0.350 e. The fourth-order valence-electron chi connectivity index (χ4n) is 3.11. The average Bonchev–Trinajstić information content (AvgIpc) is 2.35. The van der Waals surface area contributed by atoms with Crippen molar-refractivity contribution in [2.45, 2.75) is 65.6 Å². The van der Waals surface area contributed by atoms with Crippen molar-refractivity contribution in [2.75, 3.05) is 7.05 Å². The van der Waals surface area contributed by atoms with Gasteiger partial charge in [-0.05, 0) is 46.1 Å². The first-order chi connectivity index (χ1) is 7.69. The van der Waals surface area contributed by atoms with E-state index >= 15 is 0 Å². The van der Waals surface area contributed by atoms with E-state index in [0.29, 0.717) is 17.9 Å². The molecule has 100 valence electrons. The zero-order chi connectivity index (χ0) is 13.4. The number of rotatable bonds is 2. The Kier molecular flexibility index (Phi) is 4.23. The third kappa shape index (κ3) is 3.01. The molecule has 0 bridgehead atoms. The number of carbonyl (C=O) groups is 1. The topological polar surface area (TPSA) is 32.3 Å². The smallest absolute Gasteiger partial charge is 0.238 e. The summed E-state index contributed by atoms with van der Waals surface area (Å²) in [5.74, 6) is 1.18. The molecule has 0 unspecified atom stereocenters. The maximum absolute atomic E-state index is 12.3. The van der Waals surface area contributed by atoms with Crippen LogP contribution < -0.4 is 5.32 Å². The van der Waals surface area contributed by atoms with Gasteiger partial charge in [0.05, 0.1) is 6.04 Å². The van der Waals surface area contributed by atoms with Crippen LogP contribution >= 0.6 is 0 Å². The Labute approximate surface area is 106 Å². The van der Waals surface area contributed by atoms with Crippen molar-refractivity contribution < 1.29 is 4.79 Å². The van der Waals surface area contributed by atoms with Gasteiger partial charge in [0.1, 0.15) is 0 Å². The van der Waals surface area contributed by atoms with Crippen LogP contribution in [0.1, 0.15) is 48.0 Å². The SMILES string of the molecule is CC[C@H]1[C@@H](C)[C@H](C)[C@@H](C(=O)NC(C)(C)C)N1C. The number of amides is 1. The van der Waals surface area contributed by atoms with E-state index in [-0.39, 0.29) is 17.5 Å². The number of carbonyl (C=O) groups excluding carboxylic acids is 1. The van der Waals surface area contributed by atoms with E-state index < -0.39 is 0 Å². The van der Waals surface area contributed by atoms with Crippen molar-refractivity contribution in [3.8, 4) is 0 Å². The van der Waals surface area contributed by atoms with Crippen LogP contribution in [-0.2, 0) is 4.79 Å². The zero-order valence-electron chi connectivity index (χ0n) is 12.4. The summed E-state index contributed by atoms with van der Waals surface area (Å²) in [6, 6.07) is 0.551. The Bertz CT molecular complexity index is 282. The number of likely N-dealkylation sites (N-methyl/N-ethyl adjacent to an activating group) is 1. The molecule has 1 fully saturated rings. The van der Waals surface area contributed by atoms with Gasteiger partial charge in [0.2, 0.25) is 5.91 Å². The van der Waals surface area contributed by atoms with Gasteiger partial charge in [0.25, 0.3) is 0 Å². The Balaban J connectivity index is 2.81. The molecule has 1 heterocycles. The predicted octanol–water partition coefficient (Wildman–Crippen LogP) is 2.27. The van der Waals surface area contributed by atoms with Gasteiger partial charge in [-0.2, -0.15) is 0 Å². The highest BCUT2D eigenvalue weighted by Crippen LogP contribution is 2.35. The largest absolute Gasteiger partial charge is 0.350 e. The van der Waals surface area contributed by atoms with Crippen LogP contribution in [0.2, 0.25) is 0 Å². The molecule has 0 spiro atoms. The van der Waals surface area contributed by atoms with Crippen LogP contribution in [-0.4, -0.2) is 35.5 Å². The lowest BCUT2D eigenvalue weighted by molar-refractivity contribution is -0.127. The molecule has 1 amide bonds. The van der Waals surface area contributed by atoms with Crippen LogP contribution in [0.4, 0.5) is 0 Å². The number of nitrogens with one attached hydrogen (secondary N) is 1. The molecule has 0 aromatic carbocycles. The molecule has 1 saturated heterocycles. The highest BCUT2D eigenvalue weighted by atomic mass is 16.2. The molecule has 0 saturated carbocycles. The summed E-state index contributed by atoms with van der Waals surface area (Å²) in [6.07, 6.45) is 1.11. The molecule has 0 radical (unpaired) electrons. The van der Waals surface area contributed by atoms with E-state index in [1.54, 1.807) is 0 Å². The van der Waals surface area contributed by atoms with Crippen LogP contribution in [0.15, 0.2) is 0 Å². The monoisotopic (exact) mass is 240 g/mol. The fraction of sp³-hybridized carbons (Fsp3) is 0.929. The van der Waals surface area contributed by atoms with Gasteiger partial charge in [0, 0.05) is 11.6 Å². The van der Waals surface area contributed by atoms with Gasteiger partial charge in [0.15, 0.2) is 0 Å². The normalized spacial score (nSPS) is 35.0. The summed E-state index contributed by atoms with van der Waals surface area (Å²) in [7, 11) is 2.08. The van der Waals surface area contributed by atoms with Gasteiger partial charge in [-0.15, -0.1) is 0 Å². The Hall–Kier alpha value is -0.570. The third-order valence-electron chi connectivity index (χ3n) is 4.08. The van der Waals surface area contributed by atoms with Gasteiger partial charge in [-0.25, -0.2) is 0 Å². The number of likely N-dealkylation sites (tertiary alicyclic amines) is 1. The molecule has 3 heteroatoms. The molecule has 4 atom stereocenters. The molecule has 1 aliphatic heterocycles. The van der Waals surface area contributed by atoms with Crippen molar-refractivity contribution in [1.29, 1.82) is 0 Å². The first-order valence-electron chi connectivity index (χ1n) is 6.73. The number of hydrogen-bond donors (Lipinski definition) is 1. The first kappa shape index (κ1) is 14.5. The molecular formula is C14H28N2O. The molecule has 3 nitrogen and oxygen atoms in total. The van der Waals surface area contributed by atoms with Crippen molar-refractivity contribution in [2.24, 2.45) is 11.8 Å². The highest BCUT2D eigenvalue weighted by Gasteiger charge is 2.45. The summed E-state index contributed by atoms with van der Waals surface area (Å²) in [6.45, 7) is 12.8. The summed E-state index contributed by atoms with van der Waals surface area (Å²) in [4.78, 5) is 14.6. The van der Waals surface area contributed by atoms with Gasteiger partial charge in [-0.1, -0.05) is 20.8 Å². The van der Waals surface area contributed by atoms with Crippen LogP contribution in [0, 0.1) is 11.8 Å². The summed E-state index contributed by atoms with van der Waals surface area (Å²) >= 11 is 0. The third-order valence-corrected chi connectivity index (χ3v) is 4.08. The van der Waals surface area contributed by atoms with E-state index in [2.05, 4.69) is 38.0 Å². The van der Waals surface area contributed by atoms with E-state index in [1.165, 1.54) is 0 Å². The predicted molar refractivity (Wildman–Crippen MR) is 71.9 cm³/mol. The highest BCUT2D eigenvalue weighted by molar-refractivity contribution is 5.83. The quantitative estimate of drug-likeness (QED) is 0.803. The molecule has 17 heavy (non-hydrogen) atoms. The molecule has 1 rings (SSSR count). The fourth-order valence-corrected chi connectivity index (χ4v) is 3.11. The van der Waals surface area contributed by atoms with Gasteiger partial charge in [-0.3, -0.25) is 9.69 Å².